The molecule has 1 aliphatic heterocycles. The predicted molar refractivity (Wildman–Crippen MR) is 85.5 cm³/mol. The summed E-state index contributed by atoms with van der Waals surface area (Å²) in [6, 6.07) is 18.2. The Morgan fingerprint density at radius 3 is 2.48 bits per heavy atom. The zero-order valence-corrected chi connectivity index (χ0v) is 12.3. The van der Waals surface area contributed by atoms with Crippen LogP contribution in [0, 0.1) is 0 Å². The number of nitrogens with one attached hydrogen (secondary N) is 1. The van der Waals surface area contributed by atoms with Crippen molar-refractivity contribution in [2.75, 3.05) is 23.4 Å². The molecular formula is C17H16N2O4. The predicted octanol–water partition coefficient (Wildman–Crippen LogP) is 3.26. The fraction of sp³-hybridized carbons (Fsp3) is 0.176. The van der Waals surface area contributed by atoms with Crippen LogP contribution < -0.4 is 10.2 Å². The normalized spacial score (nSPS) is 16.8. The van der Waals surface area contributed by atoms with E-state index in [0.717, 1.165) is 5.69 Å². The lowest BCUT2D eigenvalue weighted by molar-refractivity contribution is 0.0798. The van der Waals surface area contributed by atoms with Crippen molar-refractivity contribution in [2.24, 2.45) is 0 Å². The number of para-hydroxylation sites is 2. The van der Waals surface area contributed by atoms with Crippen molar-refractivity contribution in [2.45, 2.75) is 6.10 Å². The molecule has 6 nitrogen and oxygen atoms in total. The number of amides is 2. The summed E-state index contributed by atoms with van der Waals surface area (Å²) < 4.78 is 10.3. The molecule has 1 aliphatic rings. The Bertz CT molecular complexity index is 676. The number of ether oxygens (including phenoxy) is 2. The topological polar surface area (TPSA) is 67.9 Å². The number of hydrogen-bond donors (Lipinski definition) is 1. The highest BCUT2D eigenvalue weighted by Crippen LogP contribution is 2.21. The molecule has 118 valence electrons. The van der Waals surface area contributed by atoms with Gasteiger partial charge >= 0.3 is 12.2 Å². The van der Waals surface area contributed by atoms with E-state index in [2.05, 4.69) is 5.32 Å². The van der Waals surface area contributed by atoms with E-state index in [9.17, 15) is 9.59 Å². The van der Waals surface area contributed by atoms with Crippen LogP contribution in [0.25, 0.3) is 0 Å². The molecular weight excluding hydrogens is 296 g/mol. The number of carbonyl (C=O) groups is 2. The molecule has 6 heteroatoms. The summed E-state index contributed by atoms with van der Waals surface area (Å²) in [7, 11) is 0. The number of carbonyl (C=O) groups excluding carboxylic acids is 2. The Hall–Kier alpha value is -3.02. The molecule has 0 unspecified atom stereocenters. The quantitative estimate of drug-likeness (QED) is 0.941. The van der Waals surface area contributed by atoms with E-state index in [1.807, 2.05) is 48.5 Å². The highest BCUT2D eigenvalue weighted by atomic mass is 16.6. The molecule has 1 saturated heterocycles. The van der Waals surface area contributed by atoms with E-state index in [-0.39, 0.29) is 6.61 Å². The summed E-state index contributed by atoms with van der Waals surface area (Å²) in [5.74, 6) is 0. The maximum Gasteiger partial charge on any atom is 0.414 e. The number of anilines is 2. The Morgan fingerprint density at radius 1 is 1.13 bits per heavy atom. The first kappa shape index (κ1) is 14.9. The van der Waals surface area contributed by atoms with Crippen LogP contribution in [-0.4, -0.2) is 31.4 Å². The highest BCUT2D eigenvalue weighted by molar-refractivity contribution is 5.89. The monoisotopic (exact) mass is 312 g/mol. The standard InChI is InChI=1S/C17H16N2O4/c20-16(18-13-7-3-1-4-8-13)22-12-15-11-19(17(21)23-15)14-9-5-2-6-10-14/h1-10,15H,11-12H2,(H,18,20)/t15-/m0/s1. The summed E-state index contributed by atoms with van der Waals surface area (Å²) in [5.41, 5.74) is 1.40. The third-order valence-corrected chi connectivity index (χ3v) is 3.36. The van der Waals surface area contributed by atoms with E-state index in [4.69, 9.17) is 9.47 Å². The smallest absolute Gasteiger partial charge is 0.414 e. The second-order valence-electron chi connectivity index (χ2n) is 5.04. The first-order valence-corrected chi connectivity index (χ1v) is 7.24. The Morgan fingerprint density at radius 2 is 1.78 bits per heavy atom. The summed E-state index contributed by atoms with van der Waals surface area (Å²) in [6.07, 6.45) is -1.50. The molecule has 0 bridgehead atoms. The van der Waals surface area contributed by atoms with Gasteiger partial charge in [0.15, 0.2) is 6.10 Å². The van der Waals surface area contributed by atoms with Gasteiger partial charge < -0.3 is 9.47 Å². The minimum absolute atomic E-state index is 0.00768. The van der Waals surface area contributed by atoms with Crippen molar-refractivity contribution in [3.63, 3.8) is 0 Å². The summed E-state index contributed by atoms with van der Waals surface area (Å²) in [4.78, 5) is 25.1. The zero-order chi connectivity index (χ0) is 16.1. The highest BCUT2D eigenvalue weighted by Gasteiger charge is 2.33. The number of cyclic esters (lactones) is 1. The van der Waals surface area contributed by atoms with Gasteiger partial charge in [-0.3, -0.25) is 10.2 Å². The largest absolute Gasteiger partial charge is 0.445 e. The minimum Gasteiger partial charge on any atom is -0.445 e. The van der Waals surface area contributed by atoms with Crippen molar-refractivity contribution >= 4 is 23.6 Å². The van der Waals surface area contributed by atoms with Gasteiger partial charge in [0, 0.05) is 11.4 Å². The maximum absolute atomic E-state index is 11.9. The van der Waals surface area contributed by atoms with Crippen LogP contribution >= 0.6 is 0 Å². The van der Waals surface area contributed by atoms with Crippen molar-refractivity contribution in [1.29, 1.82) is 0 Å². The average molecular weight is 312 g/mol. The van der Waals surface area contributed by atoms with Crippen LogP contribution in [0.2, 0.25) is 0 Å². The van der Waals surface area contributed by atoms with E-state index >= 15 is 0 Å². The SMILES string of the molecule is O=C(Nc1ccccc1)OC[C@@H]1CN(c2ccccc2)C(=O)O1. The van der Waals surface area contributed by atoms with Gasteiger partial charge in [0.1, 0.15) is 6.61 Å². The van der Waals surface area contributed by atoms with E-state index < -0.39 is 18.3 Å². The van der Waals surface area contributed by atoms with E-state index in [1.54, 1.807) is 12.1 Å². The molecule has 2 aromatic rings. The minimum atomic E-state index is -0.578. The third kappa shape index (κ3) is 3.79. The molecule has 0 aliphatic carbocycles. The summed E-state index contributed by atoms with van der Waals surface area (Å²) >= 11 is 0. The van der Waals surface area contributed by atoms with Gasteiger partial charge in [-0.2, -0.15) is 0 Å². The second kappa shape index (κ2) is 6.83. The molecule has 0 radical (unpaired) electrons. The maximum atomic E-state index is 11.9. The summed E-state index contributed by atoms with van der Waals surface area (Å²) in [5, 5.41) is 2.60. The summed E-state index contributed by atoms with van der Waals surface area (Å²) in [6.45, 7) is 0.356. The van der Waals surface area contributed by atoms with Gasteiger partial charge in [-0.1, -0.05) is 36.4 Å². The molecule has 0 saturated carbocycles. The third-order valence-electron chi connectivity index (χ3n) is 3.36. The number of nitrogens with zero attached hydrogens (tertiary/aromatic N) is 1. The van der Waals surface area contributed by atoms with Gasteiger partial charge in [0.25, 0.3) is 0 Å². The Balaban J connectivity index is 1.50. The van der Waals surface area contributed by atoms with Gasteiger partial charge in [0.05, 0.1) is 6.54 Å². The number of rotatable bonds is 4. The van der Waals surface area contributed by atoms with Crippen molar-refractivity contribution in [3.8, 4) is 0 Å². The fourth-order valence-electron chi connectivity index (χ4n) is 2.27. The van der Waals surface area contributed by atoms with Crippen molar-refractivity contribution < 1.29 is 19.1 Å². The van der Waals surface area contributed by atoms with Crippen LogP contribution in [0.15, 0.2) is 60.7 Å². The van der Waals surface area contributed by atoms with Gasteiger partial charge in [-0.25, -0.2) is 9.59 Å². The van der Waals surface area contributed by atoms with Crippen LogP contribution in [0.3, 0.4) is 0 Å². The lowest BCUT2D eigenvalue weighted by Crippen LogP contribution is -2.27. The van der Waals surface area contributed by atoms with Crippen molar-refractivity contribution in [3.05, 3.63) is 60.7 Å². The Labute approximate surface area is 133 Å². The molecule has 0 aromatic heterocycles. The average Bonchev–Trinajstić information content (AvgIpc) is 2.96. The van der Waals surface area contributed by atoms with Crippen LogP contribution in [0.4, 0.5) is 21.0 Å². The fourth-order valence-corrected chi connectivity index (χ4v) is 2.27. The number of hydrogen-bond acceptors (Lipinski definition) is 4. The van der Waals surface area contributed by atoms with Gasteiger partial charge in [-0.05, 0) is 24.3 Å². The molecule has 1 N–H and O–H groups in total. The second-order valence-corrected chi connectivity index (χ2v) is 5.04. The molecule has 2 amide bonds. The molecule has 23 heavy (non-hydrogen) atoms. The van der Waals surface area contributed by atoms with Gasteiger partial charge in [-0.15, -0.1) is 0 Å². The molecule has 1 fully saturated rings. The molecule has 0 spiro atoms. The molecule has 3 rings (SSSR count). The van der Waals surface area contributed by atoms with Gasteiger partial charge in [0.2, 0.25) is 0 Å². The lowest BCUT2D eigenvalue weighted by atomic mass is 10.3. The lowest BCUT2D eigenvalue weighted by Gasteiger charge is -2.12. The first-order chi connectivity index (χ1) is 11.2. The molecule has 1 heterocycles. The first-order valence-electron chi connectivity index (χ1n) is 7.24. The molecule has 1 atom stereocenters. The Kier molecular flexibility index (Phi) is 4.42. The van der Waals surface area contributed by atoms with E-state index in [1.165, 1.54) is 4.90 Å². The number of benzene rings is 2. The zero-order valence-electron chi connectivity index (χ0n) is 12.3. The van der Waals surface area contributed by atoms with Crippen molar-refractivity contribution in [1.82, 2.24) is 0 Å². The molecule has 2 aromatic carbocycles. The van der Waals surface area contributed by atoms with Crippen LogP contribution in [0.1, 0.15) is 0 Å². The van der Waals surface area contributed by atoms with Crippen LogP contribution in [-0.2, 0) is 9.47 Å². The van der Waals surface area contributed by atoms with Crippen LogP contribution in [0.5, 0.6) is 0 Å². The van der Waals surface area contributed by atoms with E-state index in [0.29, 0.717) is 12.2 Å².